The fourth-order valence-electron chi connectivity index (χ4n) is 1.38. The molecule has 0 fully saturated rings. The van der Waals surface area contributed by atoms with Gasteiger partial charge in [0, 0.05) is 12.1 Å². The first-order valence-electron chi connectivity index (χ1n) is 5.21. The van der Waals surface area contributed by atoms with Crippen LogP contribution >= 0.6 is 11.6 Å². The summed E-state index contributed by atoms with van der Waals surface area (Å²) in [5.41, 5.74) is -0.216. The van der Waals surface area contributed by atoms with Gasteiger partial charge in [-0.15, -0.1) is 0 Å². The van der Waals surface area contributed by atoms with Crippen LogP contribution in [0.25, 0.3) is 0 Å². The van der Waals surface area contributed by atoms with E-state index in [4.69, 9.17) is 20.8 Å². The van der Waals surface area contributed by atoms with Crippen LogP contribution in [0.15, 0.2) is 41.0 Å². The Morgan fingerprint density at radius 3 is 2.79 bits per heavy atom. The number of Topliss-reactive ketones (excluding diaryl/α,β-unsaturated/α-hetero) is 1. The monoisotopic (exact) mass is 281 g/mol. The second kappa shape index (κ2) is 5.53. The minimum atomic E-state index is -0.597. The Balaban J connectivity index is 2.02. The highest BCUT2D eigenvalue weighted by Crippen LogP contribution is 2.28. The Morgan fingerprint density at radius 1 is 1.42 bits per heavy atom. The molecule has 0 aliphatic heterocycles. The van der Waals surface area contributed by atoms with E-state index in [1.807, 2.05) is 0 Å². The van der Waals surface area contributed by atoms with Gasteiger partial charge in [0.1, 0.15) is 10.8 Å². The molecule has 0 amide bonds. The van der Waals surface area contributed by atoms with Gasteiger partial charge in [-0.2, -0.15) is 0 Å². The molecule has 0 saturated heterocycles. The normalized spacial score (nSPS) is 10.2. The van der Waals surface area contributed by atoms with Crippen LogP contribution in [0.2, 0.25) is 5.02 Å². The lowest BCUT2D eigenvalue weighted by Crippen LogP contribution is -2.10. The molecule has 0 unspecified atom stereocenters. The molecule has 1 aromatic heterocycles. The van der Waals surface area contributed by atoms with E-state index < -0.39 is 4.92 Å². The van der Waals surface area contributed by atoms with Crippen LogP contribution < -0.4 is 4.74 Å². The number of nitro benzene ring substituents is 1. The van der Waals surface area contributed by atoms with Crippen LogP contribution in [0.3, 0.4) is 0 Å². The van der Waals surface area contributed by atoms with Crippen molar-refractivity contribution in [1.82, 2.24) is 0 Å². The maximum atomic E-state index is 11.6. The van der Waals surface area contributed by atoms with Crippen LogP contribution in [-0.4, -0.2) is 17.3 Å². The first kappa shape index (κ1) is 13.1. The van der Waals surface area contributed by atoms with Crippen molar-refractivity contribution in [3.63, 3.8) is 0 Å². The van der Waals surface area contributed by atoms with E-state index in [9.17, 15) is 14.9 Å². The summed E-state index contributed by atoms with van der Waals surface area (Å²) in [6.45, 7) is -0.234. The van der Waals surface area contributed by atoms with Crippen LogP contribution in [-0.2, 0) is 0 Å². The summed E-state index contributed by atoms with van der Waals surface area (Å²) in [5, 5.41) is 10.5. The van der Waals surface area contributed by atoms with Gasteiger partial charge in [0.15, 0.2) is 12.4 Å². The van der Waals surface area contributed by atoms with E-state index >= 15 is 0 Å². The molecule has 0 aliphatic carbocycles. The number of nitro groups is 1. The predicted molar refractivity (Wildman–Crippen MR) is 66.6 cm³/mol. The quantitative estimate of drug-likeness (QED) is 0.478. The minimum absolute atomic E-state index is 0.0482. The Bertz CT molecular complexity index is 609. The summed E-state index contributed by atoms with van der Waals surface area (Å²) in [6.07, 6.45) is 1.38. The summed E-state index contributed by atoms with van der Waals surface area (Å²) in [7, 11) is 0. The Hall–Kier alpha value is -2.34. The van der Waals surface area contributed by atoms with Crippen LogP contribution in [0.1, 0.15) is 10.6 Å². The van der Waals surface area contributed by atoms with Crippen LogP contribution in [0, 0.1) is 10.1 Å². The molecule has 0 aliphatic rings. The SMILES string of the molecule is O=C(COc1ccc([N+](=O)[O-])c(Cl)c1)c1ccco1. The molecule has 0 saturated carbocycles. The van der Waals surface area contributed by atoms with Crippen molar-refractivity contribution >= 4 is 23.1 Å². The number of ketones is 1. The number of carbonyl (C=O) groups is 1. The summed E-state index contributed by atoms with van der Waals surface area (Å²) < 4.78 is 10.1. The molecule has 98 valence electrons. The smallest absolute Gasteiger partial charge is 0.288 e. The summed E-state index contributed by atoms with van der Waals surface area (Å²) in [4.78, 5) is 21.6. The van der Waals surface area contributed by atoms with Crippen molar-refractivity contribution in [3.05, 3.63) is 57.5 Å². The molecular weight excluding hydrogens is 274 g/mol. The van der Waals surface area contributed by atoms with Gasteiger partial charge in [-0.1, -0.05) is 11.6 Å². The minimum Gasteiger partial charge on any atom is -0.485 e. The van der Waals surface area contributed by atoms with Gasteiger partial charge in [-0.05, 0) is 18.2 Å². The molecule has 2 rings (SSSR count). The average molecular weight is 282 g/mol. The van der Waals surface area contributed by atoms with Crippen molar-refractivity contribution in [2.45, 2.75) is 0 Å². The zero-order chi connectivity index (χ0) is 13.8. The molecule has 0 N–H and O–H groups in total. The third-order valence-corrected chi connectivity index (χ3v) is 2.58. The Morgan fingerprint density at radius 2 is 2.21 bits per heavy atom. The molecule has 2 aromatic rings. The highest BCUT2D eigenvalue weighted by atomic mass is 35.5. The van der Waals surface area contributed by atoms with Gasteiger partial charge >= 0.3 is 0 Å². The van der Waals surface area contributed by atoms with Crippen LogP contribution in [0.4, 0.5) is 5.69 Å². The molecule has 1 heterocycles. The number of ether oxygens (including phenoxy) is 1. The van der Waals surface area contributed by atoms with Crippen molar-refractivity contribution in [1.29, 1.82) is 0 Å². The number of hydrogen-bond acceptors (Lipinski definition) is 5. The molecule has 7 heteroatoms. The van der Waals surface area contributed by atoms with Gasteiger partial charge in [0.25, 0.3) is 5.69 Å². The number of furan rings is 1. The van der Waals surface area contributed by atoms with E-state index in [2.05, 4.69) is 0 Å². The number of benzene rings is 1. The van der Waals surface area contributed by atoms with E-state index in [0.29, 0.717) is 0 Å². The maximum Gasteiger partial charge on any atom is 0.288 e. The third-order valence-electron chi connectivity index (χ3n) is 2.28. The molecular formula is C12H8ClNO5. The second-order valence-electron chi connectivity index (χ2n) is 3.56. The molecule has 0 radical (unpaired) electrons. The summed E-state index contributed by atoms with van der Waals surface area (Å²) in [6, 6.07) is 6.99. The average Bonchev–Trinajstić information content (AvgIpc) is 2.89. The number of carbonyl (C=O) groups excluding carboxylic acids is 1. The van der Waals surface area contributed by atoms with Gasteiger partial charge < -0.3 is 9.15 Å². The van der Waals surface area contributed by atoms with E-state index in [1.54, 1.807) is 6.07 Å². The number of halogens is 1. The van der Waals surface area contributed by atoms with Crippen molar-refractivity contribution < 1.29 is 18.9 Å². The molecule has 0 bridgehead atoms. The standard InChI is InChI=1S/C12H8ClNO5/c13-9-6-8(3-4-10(9)14(16)17)19-7-11(15)12-2-1-5-18-12/h1-6H,7H2. The topological polar surface area (TPSA) is 82.6 Å². The first-order valence-corrected chi connectivity index (χ1v) is 5.59. The predicted octanol–water partition coefficient (Wildman–Crippen LogP) is 3.10. The largest absolute Gasteiger partial charge is 0.485 e. The molecule has 6 nitrogen and oxygen atoms in total. The number of nitrogens with zero attached hydrogens (tertiary/aromatic N) is 1. The lowest BCUT2D eigenvalue weighted by molar-refractivity contribution is -0.384. The molecule has 0 atom stereocenters. The highest BCUT2D eigenvalue weighted by molar-refractivity contribution is 6.32. The van der Waals surface area contributed by atoms with Crippen molar-refractivity contribution in [2.24, 2.45) is 0 Å². The number of hydrogen-bond donors (Lipinski definition) is 0. The lowest BCUT2D eigenvalue weighted by Gasteiger charge is -2.04. The van der Waals surface area contributed by atoms with E-state index in [0.717, 1.165) is 0 Å². The van der Waals surface area contributed by atoms with E-state index in [-0.39, 0.29) is 34.6 Å². The van der Waals surface area contributed by atoms with Gasteiger partial charge in [-0.25, -0.2) is 0 Å². The fraction of sp³-hybridized carbons (Fsp3) is 0.0833. The summed E-state index contributed by atoms with van der Waals surface area (Å²) >= 11 is 5.71. The zero-order valence-electron chi connectivity index (χ0n) is 9.54. The third kappa shape index (κ3) is 3.11. The van der Waals surface area contributed by atoms with Gasteiger partial charge in [-0.3, -0.25) is 14.9 Å². The number of rotatable bonds is 5. The Labute approximate surface area is 112 Å². The first-order chi connectivity index (χ1) is 9.08. The van der Waals surface area contributed by atoms with E-state index in [1.165, 1.54) is 30.5 Å². The Kier molecular flexibility index (Phi) is 3.82. The van der Waals surface area contributed by atoms with Gasteiger partial charge in [0.05, 0.1) is 11.2 Å². The zero-order valence-corrected chi connectivity index (χ0v) is 10.3. The second-order valence-corrected chi connectivity index (χ2v) is 3.97. The molecule has 1 aromatic carbocycles. The fourth-order valence-corrected chi connectivity index (χ4v) is 1.62. The van der Waals surface area contributed by atoms with Crippen LogP contribution in [0.5, 0.6) is 5.75 Å². The van der Waals surface area contributed by atoms with Gasteiger partial charge in [0.2, 0.25) is 5.78 Å². The van der Waals surface area contributed by atoms with Crippen molar-refractivity contribution in [3.8, 4) is 5.75 Å². The van der Waals surface area contributed by atoms with Crippen molar-refractivity contribution in [2.75, 3.05) is 6.61 Å². The molecule has 0 spiro atoms. The summed E-state index contributed by atoms with van der Waals surface area (Å²) in [5.74, 6) is 0.128. The lowest BCUT2D eigenvalue weighted by atomic mass is 10.3. The maximum absolute atomic E-state index is 11.6. The highest BCUT2D eigenvalue weighted by Gasteiger charge is 2.14. The molecule has 19 heavy (non-hydrogen) atoms.